The summed E-state index contributed by atoms with van der Waals surface area (Å²) in [5, 5.41) is 0. The highest BCUT2D eigenvalue weighted by atomic mass is 35.7. The summed E-state index contributed by atoms with van der Waals surface area (Å²) in [5.41, 5.74) is 0.398. The maximum absolute atomic E-state index is 11.5. The largest absolute Gasteiger partial charge is 0.464 e. The Bertz CT molecular complexity index is 495. The van der Waals surface area contributed by atoms with Crippen molar-refractivity contribution in [3.05, 3.63) is 34.7 Å². The van der Waals surface area contributed by atoms with Gasteiger partial charge in [0.05, 0.1) is 6.26 Å². The molecule has 0 radical (unpaired) electrons. The lowest BCUT2D eigenvalue weighted by Crippen LogP contribution is -2.15. The molecule has 2 rings (SSSR count). The molecule has 0 bridgehead atoms. The van der Waals surface area contributed by atoms with Crippen LogP contribution in [0, 0.1) is 5.41 Å². The van der Waals surface area contributed by atoms with Crippen molar-refractivity contribution in [3.8, 4) is 0 Å². The van der Waals surface area contributed by atoms with Gasteiger partial charge in [-0.05, 0) is 18.1 Å². The van der Waals surface area contributed by atoms with Crippen LogP contribution in [0.25, 0.3) is 0 Å². The number of allylic oxidation sites excluding steroid dienone is 4. The first-order valence-corrected chi connectivity index (χ1v) is 6.85. The lowest BCUT2D eigenvalue weighted by Gasteiger charge is -2.18. The van der Waals surface area contributed by atoms with E-state index in [1.54, 1.807) is 6.08 Å². The summed E-state index contributed by atoms with van der Waals surface area (Å²) in [7, 11) is 1.70. The first-order chi connectivity index (χ1) is 6.82. The van der Waals surface area contributed by atoms with Gasteiger partial charge >= 0.3 is 0 Å². The zero-order chi connectivity index (χ0) is 11.3. The summed E-state index contributed by atoms with van der Waals surface area (Å²) < 4.78 is 28.2. The van der Waals surface area contributed by atoms with Crippen LogP contribution in [0.2, 0.25) is 0 Å². The molecular formula is C10H11ClO3S. The average molecular weight is 247 g/mol. The van der Waals surface area contributed by atoms with Gasteiger partial charge in [-0.2, -0.15) is 0 Å². The van der Waals surface area contributed by atoms with Gasteiger partial charge in [-0.1, -0.05) is 19.9 Å². The van der Waals surface area contributed by atoms with Crippen LogP contribution in [0.3, 0.4) is 0 Å². The molecule has 0 fully saturated rings. The van der Waals surface area contributed by atoms with Gasteiger partial charge in [-0.25, -0.2) is 8.42 Å². The van der Waals surface area contributed by atoms with E-state index >= 15 is 0 Å². The van der Waals surface area contributed by atoms with E-state index in [0.717, 1.165) is 5.57 Å². The molecule has 0 aromatic heterocycles. The number of fused-ring (bicyclic) bond motifs is 1. The fourth-order valence-electron chi connectivity index (χ4n) is 2.06. The van der Waals surface area contributed by atoms with Gasteiger partial charge in [0, 0.05) is 16.1 Å². The van der Waals surface area contributed by atoms with Crippen LogP contribution in [0.4, 0.5) is 0 Å². The van der Waals surface area contributed by atoms with Crippen molar-refractivity contribution in [3.63, 3.8) is 0 Å². The predicted octanol–water partition coefficient (Wildman–Crippen LogP) is 2.67. The average Bonchev–Trinajstić information content (AvgIpc) is 2.32. The summed E-state index contributed by atoms with van der Waals surface area (Å²) in [6.07, 6.45) is 5.70. The van der Waals surface area contributed by atoms with Gasteiger partial charge in [-0.3, -0.25) is 0 Å². The minimum atomic E-state index is -3.73. The smallest absolute Gasteiger partial charge is 0.261 e. The molecule has 0 unspecified atom stereocenters. The van der Waals surface area contributed by atoms with Crippen molar-refractivity contribution in [1.82, 2.24) is 0 Å². The van der Waals surface area contributed by atoms with E-state index in [1.807, 2.05) is 19.9 Å². The minimum Gasteiger partial charge on any atom is -0.464 e. The Hall–Kier alpha value is -0.740. The number of ether oxygens (including phenoxy) is 1. The van der Waals surface area contributed by atoms with Crippen molar-refractivity contribution in [2.75, 3.05) is 0 Å². The van der Waals surface area contributed by atoms with Gasteiger partial charge in [-0.15, -0.1) is 0 Å². The Morgan fingerprint density at radius 1 is 1.47 bits per heavy atom. The van der Waals surface area contributed by atoms with E-state index in [1.165, 1.54) is 6.26 Å². The van der Waals surface area contributed by atoms with Crippen LogP contribution >= 0.6 is 10.7 Å². The molecule has 0 saturated carbocycles. The molecule has 0 aromatic carbocycles. The molecular weight excluding hydrogens is 236 g/mol. The molecule has 0 N–H and O–H groups in total. The number of hydrogen-bond acceptors (Lipinski definition) is 3. The van der Waals surface area contributed by atoms with E-state index < -0.39 is 14.5 Å². The second-order valence-electron chi connectivity index (χ2n) is 4.30. The Labute approximate surface area is 93.5 Å². The fourth-order valence-corrected chi connectivity index (χ4v) is 4.03. The Kier molecular flexibility index (Phi) is 2.24. The highest BCUT2D eigenvalue weighted by Crippen LogP contribution is 2.50. The van der Waals surface area contributed by atoms with E-state index in [9.17, 15) is 8.42 Å². The molecule has 1 heterocycles. The molecule has 0 atom stereocenters. The zero-order valence-corrected chi connectivity index (χ0v) is 10.0. The molecule has 0 spiro atoms. The van der Waals surface area contributed by atoms with Crippen molar-refractivity contribution in [2.45, 2.75) is 20.3 Å². The maximum atomic E-state index is 11.5. The number of halogens is 1. The van der Waals surface area contributed by atoms with Gasteiger partial charge < -0.3 is 4.74 Å². The van der Waals surface area contributed by atoms with E-state index in [2.05, 4.69) is 0 Å². The molecule has 0 amide bonds. The first-order valence-electron chi connectivity index (χ1n) is 4.54. The molecule has 1 aliphatic carbocycles. The molecule has 82 valence electrons. The third-order valence-electron chi connectivity index (χ3n) is 2.55. The van der Waals surface area contributed by atoms with Crippen molar-refractivity contribution in [2.24, 2.45) is 5.41 Å². The summed E-state index contributed by atoms with van der Waals surface area (Å²) in [6, 6.07) is 0. The van der Waals surface area contributed by atoms with Crippen molar-refractivity contribution in [1.29, 1.82) is 0 Å². The fraction of sp³-hybridized carbons (Fsp3) is 0.400. The standard InChI is InChI=1S/C10H11ClO3S/c1-10(2)6-7-4-3-5-14-8(7)9(10)15(11,12)13/h3-5H,6H2,1-2H3. The second-order valence-corrected chi connectivity index (χ2v) is 6.80. The number of rotatable bonds is 1. The second kappa shape index (κ2) is 3.12. The van der Waals surface area contributed by atoms with E-state index in [0.29, 0.717) is 12.2 Å². The quantitative estimate of drug-likeness (QED) is 0.668. The van der Waals surface area contributed by atoms with Crippen LogP contribution in [-0.2, 0) is 13.8 Å². The topological polar surface area (TPSA) is 43.4 Å². The van der Waals surface area contributed by atoms with Crippen molar-refractivity contribution < 1.29 is 13.2 Å². The first kappa shape index (κ1) is 10.8. The van der Waals surface area contributed by atoms with Gasteiger partial charge in [0.15, 0.2) is 0 Å². The normalized spacial score (nSPS) is 23.5. The Morgan fingerprint density at radius 2 is 2.13 bits per heavy atom. The van der Waals surface area contributed by atoms with Crippen LogP contribution in [-0.4, -0.2) is 8.42 Å². The molecule has 0 saturated heterocycles. The highest BCUT2D eigenvalue weighted by molar-refractivity contribution is 8.16. The van der Waals surface area contributed by atoms with Crippen LogP contribution in [0.1, 0.15) is 20.3 Å². The summed E-state index contributed by atoms with van der Waals surface area (Å²) in [4.78, 5) is 0.187. The summed E-state index contributed by atoms with van der Waals surface area (Å²) in [5.74, 6) is 0.400. The lowest BCUT2D eigenvalue weighted by molar-refractivity contribution is 0.357. The molecule has 15 heavy (non-hydrogen) atoms. The Balaban J connectivity index is 2.67. The zero-order valence-electron chi connectivity index (χ0n) is 8.45. The van der Waals surface area contributed by atoms with E-state index in [4.69, 9.17) is 15.4 Å². The monoisotopic (exact) mass is 246 g/mol. The van der Waals surface area contributed by atoms with Crippen LogP contribution in [0.15, 0.2) is 34.7 Å². The predicted molar refractivity (Wildman–Crippen MR) is 58.5 cm³/mol. The van der Waals surface area contributed by atoms with Crippen LogP contribution in [0.5, 0.6) is 0 Å². The van der Waals surface area contributed by atoms with Gasteiger partial charge in [0.2, 0.25) is 0 Å². The van der Waals surface area contributed by atoms with Gasteiger partial charge in [0.25, 0.3) is 9.05 Å². The summed E-state index contributed by atoms with van der Waals surface area (Å²) >= 11 is 0. The third kappa shape index (κ3) is 1.72. The lowest BCUT2D eigenvalue weighted by atomic mass is 9.92. The molecule has 3 nitrogen and oxygen atoms in total. The molecule has 5 heteroatoms. The Morgan fingerprint density at radius 3 is 2.73 bits per heavy atom. The van der Waals surface area contributed by atoms with Crippen molar-refractivity contribution >= 4 is 19.7 Å². The molecule has 1 aliphatic heterocycles. The number of hydrogen-bond donors (Lipinski definition) is 0. The minimum absolute atomic E-state index is 0.187. The third-order valence-corrected chi connectivity index (χ3v) is 4.24. The SMILES string of the molecule is CC1(C)CC2=CC=COC2=C1S(=O)(=O)Cl. The highest BCUT2D eigenvalue weighted by Gasteiger charge is 2.44. The van der Waals surface area contributed by atoms with Gasteiger partial charge in [0.1, 0.15) is 10.7 Å². The molecule has 0 aromatic rings. The molecule has 2 aliphatic rings. The van der Waals surface area contributed by atoms with Crippen LogP contribution < -0.4 is 0 Å². The maximum Gasteiger partial charge on any atom is 0.261 e. The summed E-state index contributed by atoms with van der Waals surface area (Å²) in [6.45, 7) is 3.69. The van der Waals surface area contributed by atoms with E-state index in [-0.39, 0.29) is 4.91 Å².